The van der Waals surface area contributed by atoms with Crippen LogP contribution >= 0.6 is 0 Å². The van der Waals surface area contributed by atoms with E-state index in [2.05, 4.69) is 4.99 Å². The van der Waals surface area contributed by atoms with Crippen molar-refractivity contribution in [2.45, 2.75) is 12.7 Å². The molecule has 1 unspecified atom stereocenters. The SMILES string of the molecule is CC1(F)COC(c2ccccc2)=N1. The zero-order chi connectivity index (χ0) is 9.31. The molecule has 1 aliphatic heterocycles. The van der Waals surface area contributed by atoms with Crippen LogP contribution in [0.25, 0.3) is 0 Å². The van der Waals surface area contributed by atoms with Crippen LogP contribution in [-0.4, -0.2) is 18.3 Å². The standard InChI is InChI=1S/C10H10FNO/c1-10(11)7-13-9(12-10)8-5-3-2-4-6-8/h2-6H,7H2,1H3. The number of alkyl halides is 1. The third kappa shape index (κ3) is 1.69. The van der Waals surface area contributed by atoms with Crippen LogP contribution in [0, 0.1) is 0 Å². The summed E-state index contributed by atoms with van der Waals surface area (Å²) in [6, 6.07) is 9.33. The molecular weight excluding hydrogens is 169 g/mol. The number of aliphatic imine (C=N–C) groups is 1. The number of nitrogens with zero attached hydrogens (tertiary/aromatic N) is 1. The van der Waals surface area contributed by atoms with E-state index in [-0.39, 0.29) is 6.61 Å². The van der Waals surface area contributed by atoms with Crippen LogP contribution in [0.4, 0.5) is 4.39 Å². The summed E-state index contributed by atoms with van der Waals surface area (Å²) < 4.78 is 18.4. The van der Waals surface area contributed by atoms with Crippen LogP contribution < -0.4 is 0 Å². The molecule has 2 nitrogen and oxygen atoms in total. The molecule has 0 spiro atoms. The van der Waals surface area contributed by atoms with Gasteiger partial charge >= 0.3 is 0 Å². The van der Waals surface area contributed by atoms with E-state index in [9.17, 15) is 4.39 Å². The number of rotatable bonds is 1. The van der Waals surface area contributed by atoms with E-state index in [1.54, 1.807) is 0 Å². The molecule has 3 heteroatoms. The van der Waals surface area contributed by atoms with Crippen molar-refractivity contribution >= 4 is 5.90 Å². The minimum absolute atomic E-state index is 0.0111. The molecule has 0 bridgehead atoms. The maximum absolute atomic E-state index is 13.2. The minimum atomic E-state index is -1.56. The highest BCUT2D eigenvalue weighted by atomic mass is 19.1. The van der Waals surface area contributed by atoms with Crippen LogP contribution in [0.2, 0.25) is 0 Å². The average molecular weight is 179 g/mol. The van der Waals surface area contributed by atoms with Crippen molar-refractivity contribution in [3.05, 3.63) is 35.9 Å². The van der Waals surface area contributed by atoms with Crippen LogP contribution in [0.3, 0.4) is 0 Å². The summed E-state index contributed by atoms with van der Waals surface area (Å²) in [5.74, 6) is -1.17. The fraction of sp³-hybridized carbons (Fsp3) is 0.300. The lowest BCUT2D eigenvalue weighted by atomic mass is 10.2. The number of hydrogen-bond donors (Lipinski definition) is 0. The molecule has 1 aromatic rings. The van der Waals surface area contributed by atoms with Crippen molar-refractivity contribution in [3.63, 3.8) is 0 Å². The third-order valence-electron chi connectivity index (χ3n) is 1.83. The monoisotopic (exact) mass is 179 g/mol. The van der Waals surface area contributed by atoms with Gasteiger partial charge in [0.05, 0.1) is 0 Å². The Kier molecular flexibility index (Phi) is 1.79. The molecule has 0 radical (unpaired) electrons. The first-order chi connectivity index (χ1) is 6.17. The van der Waals surface area contributed by atoms with Crippen LogP contribution in [0.15, 0.2) is 35.3 Å². The highest BCUT2D eigenvalue weighted by Crippen LogP contribution is 2.22. The van der Waals surface area contributed by atoms with Crippen molar-refractivity contribution < 1.29 is 9.13 Å². The Morgan fingerprint density at radius 3 is 2.62 bits per heavy atom. The second-order valence-corrected chi connectivity index (χ2v) is 3.21. The molecule has 0 N–H and O–H groups in total. The van der Waals surface area contributed by atoms with Gasteiger partial charge in [0.1, 0.15) is 6.61 Å². The fourth-order valence-corrected chi connectivity index (χ4v) is 1.20. The minimum Gasteiger partial charge on any atom is -0.472 e. The topological polar surface area (TPSA) is 21.6 Å². The molecule has 13 heavy (non-hydrogen) atoms. The van der Waals surface area contributed by atoms with E-state index in [0.29, 0.717) is 5.90 Å². The van der Waals surface area contributed by atoms with E-state index in [0.717, 1.165) is 5.56 Å². The summed E-state index contributed by atoms with van der Waals surface area (Å²) in [7, 11) is 0. The van der Waals surface area contributed by atoms with E-state index >= 15 is 0 Å². The van der Waals surface area contributed by atoms with E-state index in [1.165, 1.54) is 6.92 Å². The molecule has 0 fully saturated rings. The summed E-state index contributed by atoms with van der Waals surface area (Å²) >= 11 is 0. The van der Waals surface area contributed by atoms with Gasteiger partial charge in [-0.1, -0.05) is 18.2 Å². The van der Waals surface area contributed by atoms with E-state index in [4.69, 9.17) is 4.74 Å². The Labute approximate surface area is 76.1 Å². The Balaban J connectivity index is 2.30. The zero-order valence-electron chi connectivity index (χ0n) is 7.33. The molecule has 0 saturated carbocycles. The molecule has 0 aromatic heterocycles. The lowest BCUT2D eigenvalue weighted by Gasteiger charge is -2.02. The first kappa shape index (κ1) is 8.23. The van der Waals surface area contributed by atoms with Gasteiger partial charge < -0.3 is 4.74 Å². The molecule has 0 saturated heterocycles. The first-order valence-corrected chi connectivity index (χ1v) is 4.14. The van der Waals surface area contributed by atoms with E-state index < -0.39 is 5.79 Å². The van der Waals surface area contributed by atoms with Gasteiger partial charge in [-0.05, 0) is 19.1 Å². The number of halogens is 1. The van der Waals surface area contributed by atoms with Crippen LogP contribution in [-0.2, 0) is 4.74 Å². The van der Waals surface area contributed by atoms with Crippen molar-refractivity contribution in [2.24, 2.45) is 4.99 Å². The number of hydrogen-bond acceptors (Lipinski definition) is 2. The zero-order valence-corrected chi connectivity index (χ0v) is 7.33. The molecule has 0 amide bonds. The van der Waals surface area contributed by atoms with Crippen molar-refractivity contribution in [2.75, 3.05) is 6.61 Å². The quantitative estimate of drug-likeness (QED) is 0.605. The Bertz CT molecular complexity index is 332. The maximum atomic E-state index is 13.2. The summed E-state index contributed by atoms with van der Waals surface area (Å²) in [6.45, 7) is 1.42. The predicted molar refractivity (Wildman–Crippen MR) is 48.4 cm³/mol. The van der Waals surface area contributed by atoms with Gasteiger partial charge in [-0.2, -0.15) is 0 Å². The lowest BCUT2D eigenvalue weighted by Crippen LogP contribution is -2.15. The molecule has 1 atom stereocenters. The summed E-state index contributed by atoms with van der Waals surface area (Å²) in [5.41, 5.74) is 0.823. The van der Waals surface area contributed by atoms with E-state index in [1.807, 2.05) is 30.3 Å². The number of benzene rings is 1. The highest BCUT2D eigenvalue weighted by molar-refractivity contribution is 5.95. The molecule has 68 valence electrons. The van der Waals surface area contributed by atoms with Crippen LogP contribution in [0.1, 0.15) is 12.5 Å². The van der Waals surface area contributed by atoms with Crippen molar-refractivity contribution in [1.29, 1.82) is 0 Å². The maximum Gasteiger partial charge on any atom is 0.234 e. The predicted octanol–water partition coefficient (Wildman–Crippen LogP) is 2.15. The third-order valence-corrected chi connectivity index (χ3v) is 1.83. The van der Waals surface area contributed by atoms with Gasteiger partial charge in [0.15, 0.2) is 0 Å². The first-order valence-electron chi connectivity index (χ1n) is 4.14. The van der Waals surface area contributed by atoms with Gasteiger partial charge in [-0.3, -0.25) is 0 Å². The van der Waals surface area contributed by atoms with Gasteiger partial charge in [0.2, 0.25) is 11.7 Å². The van der Waals surface area contributed by atoms with Gasteiger partial charge in [0.25, 0.3) is 0 Å². The van der Waals surface area contributed by atoms with Gasteiger partial charge in [-0.15, -0.1) is 0 Å². The Morgan fingerprint density at radius 1 is 1.38 bits per heavy atom. The second-order valence-electron chi connectivity index (χ2n) is 3.21. The highest BCUT2D eigenvalue weighted by Gasteiger charge is 2.31. The van der Waals surface area contributed by atoms with Crippen LogP contribution in [0.5, 0.6) is 0 Å². The fourth-order valence-electron chi connectivity index (χ4n) is 1.20. The summed E-state index contributed by atoms with van der Waals surface area (Å²) in [5, 5.41) is 0. The lowest BCUT2D eigenvalue weighted by molar-refractivity contribution is 0.141. The molecule has 1 aromatic carbocycles. The molecule has 2 rings (SSSR count). The van der Waals surface area contributed by atoms with Gasteiger partial charge in [-0.25, -0.2) is 9.38 Å². The smallest absolute Gasteiger partial charge is 0.234 e. The molecule has 1 heterocycles. The average Bonchev–Trinajstić information content (AvgIpc) is 2.48. The van der Waals surface area contributed by atoms with Crippen molar-refractivity contribution in [1.82, 2.24) is 0 Å². The largest absolute Gasteiger partial charge is 0.472 e. The Morgan fingerprint density at radius 2 is 2.08 bits per heavy atom. The second kappa shape index (κ2) is 2.83. The normalized spacial score (nSPS) is 26.8. The van der Waals surface area contributed by atoms with Gasteiger partial charge in [0, 0.05) is 5.56 Å². The summed E-state index contributed by atoms with van der Waals surface area (Å²) in [6.07, 6.45) is 0. The Hall–Kier alpha value is -1.38. The summed E-state index contributed by atoms with van der Waals surface area (Å²) in [4.78, 5) is 3.82. The molecule has 0 aliphatic carbocycles. The number of ether oxygens (including phenoxy) is 1. The molecular formula is C10H10FNO. The van der Waals surface area contributed by atoms with Crippen molar-refractivity contribution in [3.8, 4) is 0 Å². The molecule has 1 aliphatic rings.